The molecule has 1 aromatic heterocycles. The zero-order chi connectivity index (χ0) is 14.3. The molecular weight excluding hydrogens is 246 g/mol. The standard InChI is InChI=1S/C18H19NO/c1-11(2)13-5-6-15(18(20)10-13)17-9-14-8-12(3)4-7-16(14)19-17/h4-11,19-20H,1-3H3. The minimum absolute atomic E-state index is 0.333. The van der Waals surface area contributed by atoms with Crippen molar-refractivity contribution in [3.63, 3.8) is 0 Å². The lowest BCUT2D eigenvalue weighted by molar-refractivity contribution is 0.476. The molecule has 1 heterocycles. The minimum atomic E-state index is 0.333. The highest BCUT2D eigenvalue weighted by molar-refractivity contribution is 5.87. The molecule has 0 spiro atoms. The molecular formula is C18H19NO. The minimum Gasteiger partial charge on any atom is -0.507 e. The Labute approximate surface area is 119 Å². The Morgan fingerprint density at radius 1 is 1.00 bits per heavy atom. The monoisotopic (exact) mass is 265 g/mol. The van der Waals surface area contributed by atoms with Crippen molar-refractivity contribution in [1.82, 2.24) is 4.98 Å². The molecule has 0 aliphatic rings. The van der Waals surface area contributed by atoms with E-state index in [1.54, 1.807) is 0 Å². The molecule has 0 atom stereocenters. The number of hydrogen-bond donors (Lipinski definition) is 2. The number of H-pyrrole nitrogens is 1. The van der Waals surface area contributed by atoms with Gasteiger partial charge in [0, 0.05) is 16.5 Å². The summed E-state index contributed by atoms with van der Waals surface area (Å²) in [5.74, 6) is 0.750. The van der Waals surface area contributed by atoms with Crippen LogP contribution in [0.3, 0.4) is 0 Å². The molecule has 3 aromatic rings. The molecule has 0 amide bonds. The van der Waals surface area contributed by atoms with E-state index in [2.05, 4.69) is 56.1 Å². The first-order valence-corrected chi connectivity index (χ1v) is 6.97. The third-order valence-electron chi connectivity index (χ3n) is 3.75. The van der Waals surface area contributed by atoms with Crippen molar-refractivity contribution >= 4 is 10.9 Å². The van der Waals surface area contributed by atoms with Gasteiger partial charge in [-0.3, -0.25) is 0 Å². The van der Waals surface area contributed by atoms with Crippen molar-refractivity contribution < 1.29 is 5.11 Å². The predicted molar refractivity (Wildman–Crippen MR) is 84.2 cm³/mol. The fourth-order valence-electron chi connectivity index (χ4n) is 2.53. The summed E-state index contributed by atoms with van der Waals surface area (Å²) in [5, 5.41) is 11.4. The molecule has 0 radical (unpaired) electrons. The first-order valence-electron chi connectivity index (χ1n) is 6.97. The summed E-state index contributed by atoms with van der Waals surface area (Å²) < 4.78 is 0. The second kappa shape index (κ2) is 4.71. The van der Waals surface area contributed by atoms with Crippen LogP contribution in [-0.2, 0) is 0 Å². The maximum absolute atomic E-state index is 10.3. The molecule has 0 aliphatic heterocycles. The van der Waals surface area contributed by atoms with Crippen LogP contribution < -0.4 is 0 Å². The molecule has 0 fully saturated rings. The van der Waals surface area contributed by atoms with Crippen LogP contribution in [-0.4, -0.2) is 10.1 Å². The van der Waals surface area contributed by atoms with Crippen LogP contribution in [0.1, 0.15) is 30.9 Å². The van der Waals surface area contributed by atoms with E-state index in [0.717, 1.165) is 22.3 Å². The van der Waals surface area contributed by atoms with E-state index in [1.165, 1.54) is 10.9 Å². The molecule has 0 saturated carbocycles. The van der Waals surface area contributed by atoms with Crippen LogP contribution >= 0.6 is 0 Å². The van der Waals surface area contributed by atoms with E-state index in [1.807, 2.05) is 12.1 Å². The summed E-state index contributed by atoms with van der Waals surface area (Å²) in [6.45, 7) is 6.33. The lowest BCUT2D eigenvalue weighted by atomic mass is 10.00. The average molecular weight is 265 g/mol. The Morgan fingerprint density at radius 2 is 1.80 bits per heavy atom. The Balaban J connectivity index is 2.10. The maximum Gasteiger partial charge on any atom is 0.125 e. The van der Waals surface area contributed by atoms with Crippen LogP contribution in [0.4, 0.5) is 0 Å². The highest BCUT2D eigenvalue weighted by Gasteiger charge is 2.10. The van der Waals surface area contributed by atoms with Crippen molar-refractivity contribution in [2.24, 2.45) is 0 Å². The smallest absolute Gasteiger partial charge is 0.125 e. The van der Waals surface area contributed by atoms with Crippen LogP contribution in [0.5, 0.6) is 5.75 Å². The van der Waals surface area contributed by atoms with Crippen LogP contribution in [0.25, 0.3) is 22.2 Å². The largest absolute Gasteiger partial charge is 0.507 e. The normalized spacial score (nSPS) is 11.4. The summed E-state index contributed by atoms with van der Waals surface area (Å²) in [4.78, 5) is 3.37. The third-order valence-corrected chi connectivity index (χ3v) is 3.75. The number of fused-ring (bicyclic) bond motifs is 1. The van der Waals surface area contributed by atoms with Crippen molar-refractivity contribution in [2.45, 2.75) is 26.7 Å². The Hall–Kier alpha value is -2.22. The highest BCUT2D eigenvalue weighted by atomic mass is 16.3. The number of phenols is 1. The van der Waals surface area contributed by atoms with Gasteiger partial charge in [0.25, 0.3) is 0 Å². The Kier molecular flexibility index (Phi) is 3.01. The van der Waals surface area contributed by atoms with Gasteiger partial charge < -0.3 is 10.1 Å². The molecule has 2 nitrogen and oxygen atoms in total. The second-order valence-electron chi connectivity index (χ2n) is 5.71. The summed E-state index contributed by atoms with van der Waals surface area (Å²) in [6, 6.07) is 14.3. The lowest BCUT2D eigenvalue weighted by Gasteiger charge is -2.08. The topological polar surface area (TPSA) is 36.0 Å². The summed E-state index contributed by atoms with van der Waals surface area (Å²) >= 11 is 0. The summed E-state index contributed by atoms with van der Waals surface area (Å²) in [5.41, 5.74) is 5.29. The van der Waals surface area contributed by atoms with E-state index in [4.69, 9.17) is 0 Å². The third kappa shape index (κ3) is 2.18. The van der Waals surface area contributed by atoms with E-state index in [-0.39, 0.29) is 0 Å². The van der Waals surface area contributed by atoms with Gasteiger partial charge in [-0.2, -0.15) is 0 Å². The molecule has 0 bridgehead atoms. The molecule has 2 heteroatoms. The number of hydrogen-bond acceptors (Lipinski definition) is 1. The lowest BCUT2D eigenvalue weighted by Crippen LogP contribution is -1.88. The van der Waals surface area contributed by atoms with E-state index in [9.17, 15) is 5.11 Å². The van der Waals surface area contributed by atoms with Crippen molar-refractivity contribution in [1.29, 1.82) is 0 Å². The van der Waals surface area contributed by atoms with E-state index < -0.39 is 0 Å². The van der Waals surface area contributed by atoms with Gasteiger partial charge in [-0.05, 0) is 48.7 Å². The molecule has 2 N–H and O–H groups in total. The second-order valence-corrected chi connectivity index (χ2v) is 5.71. The van der Waals surface area contributed by atoms with E-state index >= 15 is 0 Å². The zero-order valence-corrected chi connectivity index (χ0v) is 12.1. The van der Waals surface area contributed by atoms with Gasteiger partial charge in [-0.1, -0.05) is 31.5 Å². The number of benzene rings is 2. The number of aromatic amines is 1. The van der Waals surface area contributed by atoms with Gasteiger partial charge in [0.15, 0.2) is 0 Å². The molecule has 0 unspecified atom stereocenters. The Bertz CT molecular complexity index is 768. The first kappa shape index (κ1) is 12.8. The zero-order valence-electron chi connectivity index (χ0n) is 12.1. The van der Waals surface area contributed by atoms with Gasteiger partial charge in [-0.25, -0.2) is 0 Å². The molecule has 0 saturated heterocycles. The van der Waals surface area contributed by atoms with Gasteiger partial charge in [-0.15, -0.1) is 0 Å². The molecule has 20 heavy (non-hydrogen) atoms. The van der Waals surface area contributed by atoms with Crippen molar-refractivity contribution in [3.05, 3.63) is 53.6 Å². The van der Waals surface area contributed by atoms with Gasteiger partial charge in [0.1, 0.15) is 5.75 Å². The number of aromatic nitrogens is 1. The fraction of sp³-hybridized carbons (Fsp3) is 0.222. The fourth-order valence-corrected chi connectivity index (χ4v) is 2.53. The Morgan fingerprint density at radius 3 is 2.50 bits per heavy atom. The highest BCUT2D eigenvalue weighted by Crippen LogP contribution is 2.33. The summed E-state index contributed by atoms with van der Waals surface area (Å²) in [7, 11) is 0. The maximum atomic E-state index is 10.3. The first-order chi connectivity index (χ1) is 9.54. The number of aryl methyl sites for hydroxylation is 1. The van der Waals surface area contributed by atoms with Crippen LogP contribution in [0.2, 0.25) is 0 Å². The van der Waals surface area contributed by atoms with Crippen LogP contribution in [0, 0.1) is 6.92 Å². The SMILES string of the molecule is Cc1ccc2[nH]c(-c3ccc(C(C)C)cc3O)cc2c1. The van der Waals surface area contributed by atoms with Crippen LogP contribution in [0.15, 0.2) is 42.5 Å². The van der Waals surface area contributed by atoms with Crippen molar-refractivity contribution in [2.75, 3.05) is 0 Å². The van der Waals surface area contributed by atoms with Gasteiger partial charge in [0.2, 0.25) is 0 Å². The number of phenolic OH excluding ortho intramolecular Hbond substituents is 1. The van der Waals surface area contributed by atoms with Gasteiger partial charge >= 0.3 is 0 Å². The molecule has 2 aromatic carbocycles. The van der Waals surface area contributed by atoms with Gasteiger partial charge in [0.05, 0.1) is 5.69 Å². The average Bonchev–Trinajstić information content (AvgIpc) is 2.80. The quantitative estimate of drug-likeness (QED) is 0.674. The molecule has 3 rings (SSSR count). The van der Waals surface area contributed by atoms with E-state index in [0.29, 0.717) is 11.7 Å². The molecule has 0 aliphatic carbocycles. The summed E-state index contributed by atoms with van der Waals surface area (Å²) in [6.07, 6.45) is 0. The predicted octanol–water partition coefficient (Wildman–Crippen LogP) is 4.97. The molecule has 102 valence electrons. The number of nitrogens with one attached hydrogen (secondary N) is 1. The van der Waals surface area contributed by atoms with Crippen molar-refractivity contribution in [3.8, 4) is 17.0 Å². The number of aromatic hydroxyl groups is 1. The number of rotatable bonds is 2.